The van der Waals surface area contributed by atoms with Crippen molar-refractivity contribution in [3.8, 4) is 0 Å². The topological polar surface area (TPSA) is 58.2 Å². The highest BCUT2D eigenvalue weighted by Crippen LogP contribution is 2.29. The van der Waals surface area contributed by atoms with Crippen LogP contribution >= 0.6 is 11.8 Å². The van der Waals surface area contributed by atoms with Gasteiger partial charge in [-0.25, -0.2) is 0 Å². The van der Waals surface area contributed by atoms with Crippen LogP contribution in [0.3, 0.4) is 0 Å². The van der Waals surface area contributed by atoms with Gasteiger partial charge in [0, 0.05) is 11.3 Å². The molecule has 2 amide bonds. The van der Waals surface area contributed by atoms with Crippen molar-refractivity contribution < 1.29 is 9.59 Å². The van der Waals surface area contributed by atoms with Crippen LogP contribution < -0.4 is 10.6 Å². The Kier molecular flexibility index (Phi) is 6.31. The van der Waals surface area contributed by atoms with Crippen LogP contribution in [-0.4, -0.2) is 28.9 Å². The Balaban J connectivity index is 1.93. The second-order valence-corrected chi connectivity index (χ2v) is 7.23. The Morgan fingerprint density at radius 1 is 1.23 bits per heavy atom. The number of benzene rings is 1. The van der Waals surface area contributed by atoms with Crippen molar-refractivity contribution in [2.45, 2.75) is 50.8 Å². The molecule has 5 heteroatoms. The Morgan fingerprint density at radius 2 is 1.91 bits per heavy atom. The van der Waals surface area contributed by atoms with Gasteiger partial charge in [0.25, 0.3) is 5.91 Å². The number of hydrogen-bond donors (Lipinski definition) is 2. The van der Waals surface area contributed by atoms with Crippen LogP contribution in [0.25, 0.3) is 0 Å². The first-order valence-corrected chi connectivity index (χ1v) is 8.92. The van der Waals surface area contributed by atoms with Crippen molar-refractivity contribution in [1.82, 2.24) is 5.32 Å². The number of carbonyl (C=O) groups excluding carboxylic acids is 2. The van der Waals surface area contributed by atoms with Crippen LogP contribution in [0.15, 0.2) is 24.3 Å². The smallest absolute Gasteiger partial charge is 0.253 e. The first-order valence-electron chi connectivity index (χ1n) is 7.87. The zero-order chi connectivity index (χ0) is 15.9. The minimum atomic E-state index is -0.158. The molecule has 4 nitrogen and oxygen atoms in total. The zero-order valence-electron chi connectivity index (χ0n) is 13.2. The molecule has 2 N–H and O–H groups in total. The third-order valence-electron chi connectivity index (χ3n) is 3.62. The molecule has 0 bridgehead atoms. The number of nitrogens with one attached hydrogen (secondary N) is 2. The molecular formula is C17H24N2O2S. The summed E-state index contributed by atoms with van der Waals surface area (Å²) < 4.78 is 0. The molecule has 1 aromatic rings. The zero-order valence-corrected chi connectivity index (χ0v) is 14.0. The maximum atomic E-state index is 12.2. The van der Waals surface area contributed by atoms with Crippen molar-refractivity contribution >= 4 is 29.3 Å². The van der Waals surface area contributed by atoms with Gasteiger partial charge in [0.2, 0.25) is 5.91 Å². The molecule has 0 heterocycles. The predicted octanol–water partition coefficient (Wildman–Crippen LogP) is 3.44. The quantitative estimate of drug-likeness (QED) is 0.844. The number of rotatable bonds is 6. The summed E-state index contributed by atoms with van der Waals surface area (Å²) in [6, 6.07) is 7.20. The van der Waals surface area contributed by atoms with Crippen LogP contribution in [0.5, 0.6) is 0 Å². The van der Waals surface area contributed by atoms with Crippen molar-refractivity contribution in [1.29, 1.82) is 0 Å². The summed E-state index contributed by atoms with van der Waals surface area (Å²) in [5.41, 5.74) is 1.09. The van der Waals surface area contributed by atoms with E-state index in [0.29, 0.717) is 22.3 Å². The first kappa shape index (κ1) is 16.9. The van der Waals surface area contributed by atoms with Crippen molar-refractivity contribution in [3.63, 3.8) is 0 Å². The van der Waals surface area contributed by atoms with Crippen LogP contribution in [0.2, 0.25) is 0 Å². The van der Waals surface area contributed by atoms with Gasteiger partial charge in [0.05, 0.1) is 17.0 Å². The highest BCUT2D eigenvalue weighted by atomic mass is 32.2. The summed E-state index contributed by atoms with van der Waals surface area (Å²) >= 11 is 1.72. The van der Waals surface area contributed by atoms with Gasteiger partial charge in [-0.2, -0.15) is 0 Å². The number of carbonyl (C=O) groups is 2. The predicted molar refractivity (Wildman–Crippen MR) is 92.4 cm³/mol. The molecule has 0 saturated heterocycles. The molecule has 1 fully saturated rings. The van der Waals surface area contributed by atoms with E-state index in [4.69, 9.17) is 0 Å². The van der Waals surface area contributed by atoms with Gasteiger partial charge in [-0.3, -0.25) is 9.59 Å². The van der Waals surface area contributed by atoms with Crippen molar-refractivity contribution in [2.24, 2.45) is 0 Å². The molecule has 0 spiro atoms. The number of thioether (sulfide) groups is 1. The summed E-state index contributed by atoms with van der Waals surface area (Å²) in [5.74, 6) is 0.251. The van der Waals surface area contributed by atoms with Gasteiger partial charge >= 0.3 is 0 Å². The number of hydrogen-bond acceptors (Lipinski definition) is 3. The van der Waals surface area contributed by atoms with Gasteiger partial charge < -0.3 is 10.6 Å². The maximum absolute atomic E-state index is 12.2. The third-order valence-corrected chi connectivity index (χ3v) is 4.99. The molecule has 0 aliphatic heterocycles. The fourth-order valence-electron chi connectivity index (χ4n) is 2.56. The highest BCUT2D eigenvalue weighted by Gasteiger charge is 2.18. The van der Waals surface area contributed by atoms with E-state index in [1.807, 2.05) is 19.9 Å². The third kappa shape index (κ3) is 5.05. The lowest BCUT2D eigenvalue weighted by Crippen LogP contribution is -2.31. The van der Waals surface area contributed by atoms with E-state index in [0.717, 1.165) is 0 Å². The van der Waals surface area contributed by atoms with Gasteiger partial charge in [-0.15, -0.1) is 11.8 Å². The second kappa shape index (κ2) is 8.22. The summed E-state index contributed by atoms with van der Waals surface area (Å²) in [6.07, 6.45) is 4.98. The molecule has 0 unspecified atom stereocenters. The van der Waals surface area contributed by atoms with E-state index in [1.54, 1.807) is 30.0 Å². The number of amides is 2. The summed E-state index contributed by atoms with van der Waals surface area (Å²) in [5, 5.41) is 6.34. The second-order valence-electron chi connectivity index (χ2n) is 5.94. The number of anilines is 1. The molecule has 2 rings (SSSR count). The largest absolute Gasteiger partial charge is 0.350 e. The van der Waals surface area contributed by atoms with E-state index in [2.05, 4.69) is 10.6 Å². The molecular weight excluding hydrogens is 296 g/mol. The molecule has 0 radical (unpaired) electrons. The Labute approximate surface area is 136 Å². The van der Waals surface area contributed by atoms with E-state index in [-0.39, 0.29) is 17.9 Å². The Bertz CT molecular complexity index is 525. The molecule has 0 atom stereocenters. The highest BCUT2D eigenvalue weighted by molar-refractivity contribution is 8.00. The average molecular weight is 320 g/mol. The van der Waals surface area contributed by atoms with Gasteiger partial charge in [-0.1, -0.05) is 25.0 Å². The monoisotopic (exact) mass is 320 g/mol. The minimum Gasteiger partial charge on any atom is -0.350 e. The minimum absolute atomic E-state index is 0.0401. The average Bonchev–Trinajstić information content (AvgIpc) is 2.98. The Hall–Kier alpha value is -1.49. The van der Waals surface area contributed by atoms with Crippen LogP contribution in [-0.2, 0) is 4.79 Å². The van der Waals surface area contributed by atoms with E-state index < -0.39 is 0 Å². The SMILES string of the molecule is CC(C)NC(=O)c1ccccc1NC(=O)CSC1CCCC1. The first-order chi connectivity index (χ1) is 10.6. The fraction of sp³-hybridized carbons (Fsp3) is 0.529. The van der Waals surface area contributed by atoms with Crippen LogP contribution in [0.1, 0.15) is 49.9 Å². The molecule has 1 aromatic carbocycles. The summed E-state index contributed by atoms with van der Waals surface area (Å²) in [4.78, 5) is 24.3. The molecule has 1 aliphatic rings. The van der Waals surface area contributed by atoms with E-state index >= 15 is 0 Å². The summed E-state index contributed by atoms with van der Waals surface area (Å²) in [7, 11) is 0. The normalized spacial score (nSPS) is 15.0. The lowest BCUT2D eigenvalue weighted by atomic mass is 10.1. The lowest BCUT2D eigenvalue weighted by Gasteiger charge is -2.14. The van der Waals surface area contributed by atoms with Crippen molar-refractivity contribution in [3.05, 3.63) is 29.8 Å². The molecule has 1 saturated carbocycles. The van der Waals surface area contributed by atoms with Crippen LogP contribution in [0.4, 0.5) is 5.69 Å². The van der Waals surface area contributed by atoms with Gasteiger partial charge in [-0.05, 0) is 38.8 Å². The van der Waals surface area contributed by atoms with E-state index in [1.165, 1.54) is 25.7 Å². The van der Waals surface area contributed by atoms with Gasteiger partial charge in [0.15, 0.2) is 0 Å². The Morgan fingerprint density at radius 3 is 2.59 bits per heavy atom. The molecule has 0 aromatic heterocycles. The van der Waals surface area contributed by atoms with Gasteiger partial charge in [0.1, 0.15) is 0 Å². The van der Waals surface area contributed by atoms with Crippen LogP contribution in [0, 0.1) is 0 Å². The molecule has 120 valence electrons. The molecule has 1 aliphatic carbocycles. The maximum Gasteiger partial charge on any atom is 0.253 e. The number of para-hydroxylation sites is 1. The summed E-state index contributed by atoms with van der Waals surface area (Å²) in [6.45, 7) is 3.83. The fourth-order valence-corrected chi connectivity index (χ4v) is 3.69. The standard InChI is InChI=1S/C17H24N2O2S/c1-12(2)18-17(21)14-9-5-6-10-15(14)19-16(20)11-22-13-7-3-4-8-13/h5-6,9-10,12-13H,3-4,7-8,11H2,1-2H3,(H,18,21)(H,19,20). The van der Waals surface area contributed by atoms with E-state index in [9.17, 15) is 9.59 Å². The molecule has 22 heavy (non-hydrogen) atoms. The lowest BCUT2D eigenvalue weighted by molar-refractivity contribution is -0.113. The van der Waals surface area contributed by atoms with Crippen molar-refractivity contribution in [2.75, 3.05) is 11.1 Å².